The molecule has 6 heteroatoms. The first-order chi connectivity index (χ1) is 32.0. The number of unbranched alkanes of at least 4 members (excludes halogenated alkanes) is 23. The van der Waals surface area contributed by atoms with Gasteiger partial charge in [-0.25, -0.2) is 0 Å². The van der Waals surface area contributed by atoms with Crippen molar-refractivity contribution in [1.82, 2.24) is 0 Å². The predicted molar refractivity (Wildman–Crippen MR) is 279 cm³/mol. The van der Waals surface area contributed by atoms with Crippen LogP contribution in [0.3, 0.4) is 0 Å². The highest BCUT2D eigenvalue weighted by Gasteiger charge is 2.19. The molecule has 0 heterocycles. The van der Waals surface area contributed by atoms with Gasteiger partial charge in [-0.3, -0.25) is 14.4 Å². The van der Waals surface area contributed by atoms with Crippen molar-refractivity contribution in [3.05, 3.63) is 97.2 Å². The van der Waals surface area contributed by atoms with Gasteiger partial charge in [0.25, 0.3) is 0 Å². The summed E-state index contributed by atoms with van der Waals surface area (Å²) < 4.78 is 16.8. The van der Waals surface area contributed by atoms with E-state index in [-0.39, 0.29) is 31.1 Å². The Morgan fingerprint density at radius 3 is 1.14 bits per heavy atom. The summed E-state index contributed by atoms with van der Waals surface area (Å²) in [7, 11) is 0. The SMILES string of the molecule is CC\C=C/C=C\C=C/C=C\CCCCCCCC(=O)OC(COC(=O)CCCCCC/C=C\C/C=C\C/C=C\CC)COC(=O)CCCCCCC/C=C\CCCCCCCCCCC. The minimum Gasteiger partial charge on any atom is -0.462 e. The first-order valence-electron chi connectivity index (χ1n) is 26.8. The fourth-order valence-electron chi connectivity index (χ4n) is 7.17. The number of carbonyl (C=O) groups excluding carboxylic acids is 3. The molecule has 0 aliphatic rings. The van der Waals surface area contributed by atoms with E-state index in [1.807, 2.05) is 18.2 Å². The highest BCUT2D eigenvalue weighted by Crippen LogP contribution is 2.14. The Morgan fingerprint density at radius 1 is 0.338 bits per heavy atom. The van der Waals surface area contributed by atoms with Gasteiger partial charge in [-0.15, -0.1) is 0 Å². The van der Waals surface area contributed by atoms with Crippen LogP contribution in [0.25, 0.3) is 0 Å². The zero-order chi connectivity index (χ0) is 47.2. The second kappa shape index (κ2) is 52.9. The molecule has 6 nitrogen and oxygen atoms in total. The molecule has 0 radical (unpaired) electrons. The van der Waals surface area contributed by atoms with Crippen LogP contribution < -0.4 is 0 Å². The van der Waals surface area contributed by atoms with Crippen molar-refractivity contribution in [2.24, 2.45) is 0 Å². The number of carbonyl (C=O) groups is 3. The molecule has 0 rings (SSSR count). The van der Waals surface area contributed by atoms with Gasteiger partial charge in [-0.2, -0.15) is 0 Å². The minimum atomic E-state index is -0.803. The molecule has 0 saturated heterocycles. The molecular weight excluding hydrogens is 805 g/mol. The highest BCUT2D eigenvalue weighted by molar-refractivity contribution is 5.71. The molecule has 1 unspecified atom stereocenters. The van der Waals surface area contributed by atoms with Crippen molar-refractivity contribution in [2.45, 2.75) is 245 Å². The Kier molecular flexibility index (Phi) is 50.0. The lowest BCUT2D eigenvalue weighted by atomic mass is 10.1. The summed E-state index contributed by atoms with van der Waals surface area (Å²) in [5.74, 6) is -0.955. The third-order valence-corrected chi connectivity index (χ3v) is 11.1. The number of hydrogen-bond donors (Lipinski definition) is 0. The largest absolute Gasteiger partial charge is 0.462 e. The normalized spacial score (nSPS) is 12.8. The smallest absolute Gasteiger partial charge is 0.306 e. The summed E-state index contributed by atoms with van der Waals surface area (Å²) in [6, 6.07) is 0. The molecule has 0 saturated carbocycles. The first kappa shape index (κ1) is 61.3. The standard InChI is InChI=1S/C59H98O6/c1-4-7-10-13-16-19-22-25-28-29-30-32-34-37-40-43-46-49-52-58(61)64-55-56(54-63-57(60)51-48-45-42-39-36-33-27-24-21-18-15-12-9-6-3)65-59(62)53-50-47-44-41-38-35-31-26-23-20-17-14-11-8-5-2/h8-9,11-12,14,17-18,20-21,23,26-27,30-33,56H,4-7,10,13,15-16,19,22,24-25,28-29,34-55H2,1-3H3/b11-8-,12-9-,17-14-,21-18-,23-20-,31-26-,32-30-,33-27-. The van der Waals surface area contributed by atoms with Crippen molar-refractivity contribution in [3.8, 4) is 0 Å². The Labute approximate surface area is 400 Å². The fourth-order valence-corrected chi connectivity index (χ4v) is 7.17. The maximum atomic E-state index is 12.8. The fraction of sp³-hybridized carbons (Fsp3) is 0.678. The maximum absolute atomic E-state index is 12.8. The highest BCUT2D eigenvalue weighted by atomic mass is 16.6. The quantitative estimate of drug-likeness (QED) is 0.0199. The molecule has 65 heavy (non-hydrogen) atoms. The second-order valence-corrected chi connectivity index (χ2v) is 17.5. The number of hydrogen-bond acceptors (Lipinski definition) is 6. The molecule has 0 spiro atoms. The van der Waals surface area contributed by atoms with Gasteiger partial charge in [0.05, 0.1) is 0 Å². The third kappa shape index (κ3) is 51.2. The van der Waals surface area contributed by atoms with E-state index in [0.29, 0.717) is 19.3 Å². The van der Waals surface area contributed by atoms with Crippen LogP contribution in [0.1, 0.15) is 239 Å². The minimum absolute atomic E-state index is 0.0999. The summed E-state index contributed by atoms with van der Waals surface area (Å²) in [4.78, 5) is 38.0. The van der Waals surface area contributed by atoms with E-state index in [0.717, 1.165) is 122 Å². The van der Waals surface area contributed by atoms with E-state index >= 15 is 0 Å². The second-order valence-electron chi connectivity index (χ2n) is 17.5. The third-order valence-electron chi connectivity index (χ3n) is 11.1. The topological polar surface area (TPSA) is 78.9 Å². The van der Waals surface area contributed by atoms with E-state index in [1.54, 1.807) is 0 Å². The molecule has 0 bridgehead atoms. The van der Waals surface area contributed by atoms with E-state index in [9.17, 15) is 14.4 Å². The molecule has 0 aliphatic carbocycles. The van der Waals surface area contributed by atoms with Crippen LogP contribution >= 0.6 is 0 Å². The van der Waals surface area contributed by atoms with Crippen LogP contribution in [0.15, 0.2) is 97.2 Å². The predicted octanol–water partition coefficient (Wildman–Crippen LogP) is 17.8. The average Bonchev–Trinajstić information content (AvgIpc) is 3.30. The van der Waals surface area contributed by atoms with Gasteiger partial charge in [0.2, 0.25) is 0 Å². The van der Waals surface area contributed by atoms with Crippen LogP contribution in [0.2, 0.25) is 0 Å². The Morgan fingerprint density at radius 2 is 0.677 bits per heavy atom. The summed E-state index contributed by atoms with van der Waals surface area (Å²) in [5, 5.41) is 0. The summed E-state index contributed by atoms with van der Waals surface area (Å²) >= 11 is 0. The average molecular weight is 903 g/mol. The lowest BCUT2D eigenvalue weighted by Gasteiger charge is -2.18. The lowest BCUT2D eigenvalue weighted by Crippen LogP contribution is -2.30. The van der Waals surface area contributed by atoms with E-state index in [4.69, 9.17) is 14.2 Å². The van der Waals surface area contributed by atoms with Gasteiger partial charge in [-0.1, -0.05) is 221 Å². The summed E-state index contributed by atoms with van der Waals surface area (Å²) in [5.41, 5.74) is 0. The van der Waals surface area contributed by atoms with E-state index in [2.05, 4.69) is 99.8 Å². The zero-order valence-electron chi connectivity index (χ0n) is 42.2. The first-order valence-corrected chi connectivity index (χ1v) is 26.8. The molecule has 0 N–H and O–H groups in total. The molecule has 0 aliphatic heterocycles. The number of allylic oxidation sites excluding steroid dienone is 16. The van der Waals surface area contributed by atoms with Crippen molar-refractivity contribution in [1.29, 1.82) is 0 Å². The molecular formula is C59H98O6. The number of esters is 3. The molecule has 0 fully saturated rings. The number of ether oxygens (including phenoxy) is 3. The summed E-state index contributed by atoms with van der Waals surface area (Å²) in [6.07, 6.45) is 69.6. The van der Waals surface area contributed by atoms with Crippen molar-refractivity contribution >= 4 is 17.9 Å². The number of rotatable bonds is 47. The van der Waals surface area contributed by atoms with Gasteiger partial charge in [0.1, 0.15) is 13.2 Å². The van der Waals surface area contributed by atoms with Gasteiger partial charge in [0, 0.05) is 19.3 Å². The molecule has 0 aromatic carbocycles. The van der Waals surface area contributed by atoms with Crippen molar-refractivity contribution in [3.63, 3.8) is 0 Å². The van der Waals surface area contributed by atoms with Crippen LogP contribution in [0.4, 0.5) is 0 Å². The van der Waals surface area contributed by atoms with Crippen LogP contribution in [-0.2, 0) is 28.6 Å². The zero-order valence-corrected chi connectivity index (χ0v) is 42.2. The van der Waals surface area contributed by atoms with E-state index in [1.165, 1.54) is 77.0 Å². The van der Waals surface area contributed by atoms with Gasteiger partial charge in [-0.05, 0) is 96.3 Å². The van der Waals surface area contributed by atoms with Gasteiger partial charge >= 0.3 is 17.9 Å². The molecule has 1 atom stereocenters. The van der Waals surface area contributed by atoms with E-state index < -0.39 is 6.10 Å². The van der Waals surface area contributed by atoms with Gasteiger partial charge in [0.15, 0.2) is 6.10 Å². The molecule has 370 valence electrons. The van der Waals surface area contributed by atoms with Gasteiger partial charge < -0.3 is 14.2 Å². The monoisotopic (exact) mass is 903 g/mol. The van der Waals surface area contributed by atoms with Crippen molar-refractivity contribution in [2.75, 3.05) is 13.2 Å². The Balaban J connectivity index is 4.46. The van der Waals surface area contributed by atoms with Crippen LogP contribution in [-0.4, -0.2) is 37.2 Å². The van der Waals surface area contributed by atoms with Crippen LogP contribution in [0.5, 0.6) is 0 Å². The van der Waals surface area contributed by atoms with Crippen molar-refractivity contribution < 1.29 is 28.6 Å². The Bertz CT molecular complexity index is 1310. The Hall–Kier alpha value is -3.67. The van der Waals surface area contributed by atoms with Crippen LogP contribution in [0, 0.1) is 0 Å². The lowest BCUT2D eigenvalue weighted by molar-refractivity contribution is -0.167. The maximum Gasteiger partial charge on any atom is 0.306 e. The molecule has 0 aromatic rings. The molecule has 0 aromatic heterocycles. The molecule has 0 amide bonds. The summed E-state index contributed by atoms with van der Waals surface area (Å²) in [6.45, 7) is 6.34.